The van der Waals surface area contributed by atoms with E-state index in [1.54, 1.807) is 0 Å². The quantitative estimate of drug-likeness (QED) is 0.834. The fourth-order valence-electron chi connectivity index (χ4n) is 3.70. The third-order valence-electron chi connectivity index (χ3n) is 5.21. The van der Waals surface area contributed by atoms with Crippen LogP contribution in [0.15, 0.2) is 0 Å². The molecule has 0 spiro atoms. The van der Waals surface area contributed by atoms with E-state index in [4.69, 9.17) is 0 Å². The molecule has 1 saturated heterocycles. The Kier molecular flexibility index (Phi) is 4.83. The lowest BCUT2D eigenvalue weighted by atomic mass is 9.79. The van der Waals surface area contributed by atoms with Gasteiger partial charge in [0.15, 0.2) is 0 Å². The summed E-state index contributed by atoms with van der Waals surface area (Å²) < 4.78 is 0. The monoisotopic (exact) mass is 264 g/mol. The molecule has 4 nitrogen and oxygen atoms in total. The van der Waals surface area contributed by atoms with E-state index in [1.165, 1.54) is 25.8 Å². The number of likely N-dealkylation sites (N-methyl/N-ethyl adjacent to an activating group) is 2. The molecule has 2 fully saturated rings. The van der Waals surface area contributed by atoms with Crippen LogP contribution >= 0.6 is 0 Å². The Hall–Kier alpha value is -0.630. The Morgan fingerprint density at radius 2 is 2.21 bits per heavy atom. The first-order valence-corrected chi connectivity index (χ1v) is 7.61. The molecule has 0 amide bonds. The average molecular weight is 264 g/mol. The third kappa shape index (κ3) is 3.28. The standard InChI is InChI=1S/C15H28N4/c1-17-15(12-16)8-4-6-13(10-15)19(3)11-14-7-5-9-18(14)2/h13-14,17H,4-11H2,1-3H3. The first-order valence-electron chi connectivity index (χ1n) is 7.61. The lowest BCUT2D eigenvalue weighted by Crippen LogP contribution is -2.52. The Balaban J connectivity index is 1.92. The van der Waals surface area contributed by atoms with Crippen LogP contribution in [0.3, 0.4) is 0 Å². The summed E-state index contributed by atoms with van der Waals surface area (Å²) in [5.74, 6) is 0. The van der Waals surface area contributed by atoms with Gasteiger partial charge in [-0.15, -0.1) is 0 Å². The maximum atomic E-state index is 9.43. The number of hydrogen-bond acceptors (Lipinski definition) is 4. The van der Waals surface area contributed by atoms with Gasteiger partial charge in [0, 0.05) is 18.6 Å². The number of nitrogens with zero attached hydrogens (tertiary/aromatic N) is 3. The van der Waals surface area contributed by atoms with E-state index in [9.17, 15) is 5.26 Å². The van der Waals surface area contributed by atoms with Crippen molar-refractivity contribution in [2.75, 3.05) is 34.2 Å². The first-order chi connectivity index (χ1) is 9.10. The van der Waals surface area contributed by atoms with Crippen LogP contribution in [0.4, 0.5) is 0 Å². The zero-order valence-electron chi connectivity index (χ0n) is 12.7. The van der Waals surface area contributed by atoms with Gasteiger partial charge >= 0.3 is 0 Å². The van der Waals surface area contributed by atoms with Gasteiger partial charge in [-0.05, 0) is 66.2 Å². The van der Waals surface area contributed by atoms with Crippen molar-refractivity contribution in [2.45, 2.75) is 56.1 Å². The summed E-state index contributed by atoms with van der Waals surface area (Å²) >= 11 is 0. The van der Waals surface area contributed by atoms with Crippen molar-refractivity contribution in [3.05, 3.63) is 0 Å². The molecule has 3 atom stereocenters. The van der Waals surface area contributed by atoms with Crippen LogP contribution in [0.1, 0.15) is 38.5 Å². The van der Waals surface area contributed by atoms with Gasteiger partial charge in [0.2, 0.25) is 0 Å². The fourth-order valence-corrected chi connectivity index (χ4v) is 3.70. The van der Waals surface area contributed by atoms with Crippen molar-refractivity contribution in [2.24, 2.45) is 0 Å². The van der Waals surface area contributed by atoms with Crippen LogP contribution in [-0.4, -0.2) is 61.7 Å². The third-order valence-corrected chi connectivity index (χ3v) is 5.21. The van der Waals surface area contributed by atoms with Gasteiger partial charge in [0.05, 0.1) is 6.07 Å². The summed E-state index contributed by atoms with van der Waals surface area (Å²) in [6.45, 7) is 2.38. The Labute approximate surface area is 117 Å². The van der Waals surface area contributed by atoms with Gasteiger partial charge < -0.3 is 15.1 Å². The highest BCUT2D eigenvalue weighted by Crippen LogP contribution is 2.30. The number of rotatable bonds is 4. The van der Waals surface area contributed by atoms with Crippen molar-refractivity contribution in [1.29, 1.82) is 5.26 Å². The average Bonchev–Trinajstić information content (AvgIpc) is 2.84. The maximum absolute atomic E-state index is 9.43. The summed E-state index contributed by atoms with van der Waals surface area (Å²) in [4.78, 5) is 4.98. The van der Waals surface area contributed by atoms with Crippen LogP contribution < -0.4 is 5.32 Å². The zero-order valence-corrected chi connectivity index (χ0v) is 12.7. The SMILES string of the molecule is CNC1(C#N)CCCC(N(C)CC2CCCN2C)C1. The van der Waals surface area contributed by atoms with E-state index >= 15 is 0 Å². The highest BCUT2D eigenvalue weighted by Gasteiger charge is 2.37. The summed E-state index contributed by atoms with van der Waals surface area (Å²) in [7, 11) is 6.40. The predicted octanol–water partition coefficient (Wildman–Crippen LogP) is 1.44. The molecule has 0 bridgehead atoms. The molecule has 19 heavy (non-hydrogen) atoms. The maximum Gasteiger partial charge on any atom is 0.108 e. The molecule has 1 aliphatic carbocycles. The molecule has 4 heteroatoms. The minimum absolute atomic E-state index is 0.293. The van der Waals surface area contributed by atoms with Crippen LogP contribution in [0, 0.1) is 11.3 Å². The Morgan fingerprint density at radius 1 is 1.42 bits per heavy atom. The molecule has 0 radical (unpaired) electrons. The van der Waals surface area contributed by atoms with E-state index in [-0.39, 0.29) is 5.54 Å². The topological polar surface area (TPSA) is 42.3 Å². The molecule has 1 saturated carbocycles. The van der Waals surface area contributed by atoms with Crippen LogP contribution in [-0.2, 0) is 0 Å². The molecule has 1 heterocycles. The van der Waals surface area contributed by atoms with Crippen molar-refractivity contribution in [3.8, 4) is 6.07 Å². The molecule has 108 valence electrons. The minimum Gasteiger partial charge on any atom is -0.302 e. The van der Waals surface area contributed by atoms with E-state index < -0.39 is 0 Å². The summed E-state index contributed by atoms with van der Waals surface area (Å²) in [5.41, 5.74) is -0.293. The number of hydrogen-bond donors (Lipinski definition) is 1. The van der Waals surface area contributed by atoms with E-state index in [2.05, 4.69) is 35.3 Å². The van der Waals surface area contributed by atoms with Crippen molar-refractivity contribution in [1.82, 2.24) is 15.1 Å². The summed E-state index contributed by atoms with van der Waals surface area (Å²) in [5, 5.41) is 12.7. The van der Waals surface area contributed by atoms with Gasteiger partial charge in [-0.25, -0.2) is 0 Å². The molecule has 0 aromatic heterocycles. The van der Waals surface area contributed by atoms with Gasteiger partial charge in [-0.2, -0.15) is 5.26 Å². The zero-order chi connectivity index (χ0) is 13.9. The number of nitriles is 1. The first kappa shape index (κ1) is 14.8. The molecule has 0 aromatic rings. The van der Waals surface area contributed by atoms with Gasteiger partial charge in [0.25, 0.3) is 0 Å². The highest BCUT2D eigenvalue weighted by molar-refractivity contribution is 5.10. The smallest absolute Gasteiger partial charge is 0.108 e. The van der Waals surface area contributed by atoms with E-state index in [0.29, 0.717) is 12.1 Å². The molecule has 1 aliphatic heterocycles. The Bertz CT molecular complexity index is 338. The predicted molar refractivity (Wildman–Crippen MR) is 77.9 cm³/mol. The van der Waals surface area contributed by atoms with Crippen LogP contribution in [0.2, 0.25) is 0 Å². The van der Waals surface area contributed by atoms with E-state index in [0.717, 1.165) is 25.8 Å². The number of likely N-dealkylation sites (tertiary alicyclic amines) is 1. The van der Waals surface area contributed by atoms with Gasteiger partial charge in [0.1, 0.15) is 5.54 Å². The molecule has 1 N–H and O–H groups in total. The minimum atomic E-state index is -0.293. The molecular formula is C15H28N4. The largest absolute Gasteiger partial charge is 0.302 e. The van der Waals surface area contributed by atoms with Crippen molar-refractivity contribution < 1.29 is 0 Å². The van der Waals surface area contributed by atoms with E-state index in [1.807, 2.05) is 7.05 Å². The normalized spacial score (nSPS) is 36.6. The second-order valence-corrected chi connectivity index (χ2v) is 6.41. The summed E-state index contributed by atoms with van der Waals surface area (Å²) in [6, 6.07) is 3.76. The van der Waals surface area contributed by atoms with Crippen molar-refractivity contribution >= 4 is 0 Å². The lowest BCUT2D eigenvalue weighted by molar-refractivity contribution is 0.121. The molecule has 0 aromatic carbocycles. The second-order valence-electron chi connectivity index (χ2n) is 6.41. The lowest BCUT2D eigenvalue weighted by Gasteiger charge is -2.41. The molecule has 2 aliphatic rings. The molecular weight excluding hydrogens is 236 g/mol. The van der Waals surface area contributed by atoms with Crippen LogP contribution in [0.25, 0.3) is 0 Å². The highest BCUT2D eigenvalue weighted by atomic mass is 15.2. The van der Waals surface area contributed by atoms with Gasteiger partial charge in [-0.1, -0.05) is 0 Å². The number of nitrogens with one attached hydrogen (secondary N) is 1. The molecule has 2 rings (SSSR count). The van der Waals surface area contributed by atoms with Crippen molar-refractivity contribution in [3.63, 3.8) is 0 Å². The van der Waals surface area contributed by atoms with Gasteiger partial charge in [-0.3, -0.25) is 0 Å². The Morgan fingerprint density at radius 3 is 2.79 bits per heavy atom. The second kappa shape index (κ2) is 6.21. The summed E-state index contributed by atoms with van der Waals surface area (Å²) in [6.07, 6.45) is 7.00. The van der Waals surface area contributed by atoms with Crippen LogP contribution in [0.5, 0.6) is 0 Å². The molecule has 3 unspecified atom stereocenters. The fraction of sp³-hybridized carbons (Fsp3) is 0.933.